The van der Waals surface area contributed by atoms with Crippen LogP contribution in [0.15, 0.2) is 40.9 Å². The van der Waals surface area contributed by atoms with Crippen LogP contribution >= 0.6 is 34.5 Å². The zero-order valence-corrected chi connectivity index (χ0v) is 25.1. The molecular weight excluding hydrogens is 595 g/mol. The number of hydrogen-bond acceptors (Lipinski definition) is 7. The van der Waals surface area contributed by atoms with Crippen LogP contribution in [0.2, 0.25) is 10.0 Å². The summed E-state index contributed by atoms with van der Waals surface area (Å²) in [6.45, 7) is 0.398. The van der Waals surface area contributed by atoms with E-state index in [1.165, 1.54) is 11.3 Å². The summed E-state index contributed by atoms with van der Waals surface area (Å²) in [6.07, 6.45) is 6.53. The number of nitrogens with zero attached hydrogens (tertiary/aromatic N) is 2. The molecule has 10 heteroatoms. The number of halogens is 2. The molecule has 2 N–H and O–H groups in total. The average molecular weight is 626 g/mol. The molecule has 5 aliphatic rings. The Morgan fingerprint density at radius 3 is 2.55 bits per heavy atom. The van der Waals surface area contributed by atoms with Gasteiger partial charge in [0.05, 0.1) is 38.0 Å². The van der Waals surface area contributed by atoms with Gasteiger partial charge in [0.25, 0.3) is 0 Å². The van der Waals surface area contributed by atoms with Crippen LogP contribution in [0.1, 0.15) is 83.7 Å². The molecule has 218 valence electrons. The number of rotatable bonds is 8. The minimum atomic E-state index is -0.962. The molecule has 5 saturated carbocycles. The number of aromatic carboxylic acids is 1. The maximum absolute atomic E-state index is 11.7. The Morgan fingerprint density at radius 1 is 1.12 bits per heavy atom. The molecule has 5 aliphatic carbocycles. The van der Waals surface area contributed by atoms with Gasteiger partial charge in [-0.05, 0) is 98.9 Å². The zero-order chi connectivity index (χ0) is 28.7. The van der Waals surface area contributed by atoms with Crippen LogP contribution in [0.4, 0.5) is 0 Å². The van der Waals surface area contributed by atoms with E-state index in [4.69, 9.17) is 37.4 Å². The van der Waals surface area contributed by atoms with Crippen molar-refractivity contribution in [2.24, 2.45) is 23.7 Å². The third-order valence-electron chi connectivity index (χ3n) is 10.0. The number of ether oxygens (including phenoxy) is 1. The molecule has 2 heterocycles. The highest BCUT2D eigenvalue weighted by Crippen LogP contribution is 2.62. The second-order valence-electron chi connectivity index (χ2n) is 12.7. The first-order chi connectivity index (χ1) is 20.3. The Kier molecular flexibility index (Phi) is 6.47. The van der Waals surface area contributed by atoms with Gasteiger partial charge in [0.2, 0.25) is 0 Å². The summed E-state index contributed by atoms with van der Waals surface area (Å²) in [5.41, 5.74) is 3.05. The number of aliphatic hydroxyl groups excluding tert-OH is 1. The average Bonchev–Trinajstić information content (AvgIpc) is 3.56. The Labute approximate surface area is 256 Å². The molecule has 6 atom stereocenters. The number of carboxylic acid groups (broad SMARTS) is 1. The lowest BCUT2D eigenvalue weighted by Crippen LogP contribution is -2.56. The number of aliphatic hydroxyl groups is 1. The SMILES string of the molecule is O=C(O)c1ccc2nc(C(O)C3C4CC5C[C@H]3CC(OCc3c(-c6c(Cl)cccc6Cl)noc3C3CC3)(C5)C4)sc2c1. The topological polar surface area (TPSA) is 106 Å². The van der Waals surface area contributed by atoms with Crippen LogP contribution in [-0.4, -0.2) is 31.9 Å². The Bertz CT molecular complexity index is 1680. The predicted octanol–water partition coefficient (Wildman–Crippen LogP) is 8.28. The van der Waals surface area contributed by atoms with Crippen LogP contribution in [0.25, 0.3) is 21.5 Å². The van der Waals surface area contributed by atoms with Crippen LogP contribution < -0.4 is 0 Å². The molecule has 0 aliphatic heterocycles. The Balaban J connectivity index is 1.05. The van der Waals surface area contributed by atoms with E-state index in [1.807, 2.05) is 18.2 Å². The highest BCUT2D eigenvalue weighted by molar-refractivity contribution is 7.18. The molecule has 0 saturated heterocycles. The van der Waals surface area contributed by atoms with E-state index in [9.17, 15) is 15.0 Å². The summed E-state index contributed by atoms with van der Waals surface area (Å²) in [4.78, 5) is 16.2. The molecule has 9 rings (SSSR count). The first-order valence-corrected chi connectivity index (χ1v) is 16.2. The van der Waals surface area contributed by atoms with E-state index in [1.54, 1.807) is 18.2 Å². The molecule has 4 aromatic rings. The van der Waals surface area contributed by atoms with Gasteiger partial charge in [-0.3, -0.25) is 0 Å². The largest absolute Gasteiger partial charge is 0.478 e. The van der Waals surface area contributed by atoms with Gasteiger partial charge in [-0.1, -0.05) is 34.4 Å². The van der Waals surface area contributed by atoms with Crippen molar-refractivity contribution in [1.82, 2.24) is 10.1 Å². The Hall–Kier alpha value is -2.49. The van der Waals surface area contributed by atoms with Crippen molar-refractivity contribution in [2.75, 3.05) is 0 Å². The van der Waals surface area contributed by atoms with Crippen molar-refractivity contribution < 1.29 is 24.3 Å². The second kappa shape index (κ2) is 10.0. The van der Waals surface area contributed by atoms with Crippen molar-refractivity contribution in [3.05, 3.63) is 68.3 Å². The maximum Gasteiger partial charge on any atom is 0.335 e. The molecule has 42 heavy (non-hydrogen) atoms. The van der Waals surface area contributed by atoms with Crippen LogP contribution in [0, 0.1) is 23.7 Å². The van der Waals surface area contributed by atoms with Gasteiger partial charge in [-0.15, -0.1) is 11.3 Å². The highest BCUT2D eigenvalue weighted by atomic mass is 35.5. The van der Waals surface area contributed by atoms with Gasteiger partial charge in [-0.2, -0.15) is 0 Å². The predicted molar refractivity (Wildman–Crippen MR) is 160 cm³/mol. The first-order valence-electron chi connectivity index (χ1n) is 14.7. The number of carbonyl (C=O) groups is 1. The molecule has 7 nitrogen and oxygen atoms in total. The lowest BCUT2D eigenvalue weighted by molar-refractivity contribution is -0.203. The highest BCUT2D eigenvalue weighted by Gasteiger charge is 2.58. The quantitative estimate of drug-likeness (QED) is 0.203. The van der Waals surface area contributed by atoms with Crippen molar-refractivity contribution in [2.45, 2.75) is 69.2 Å². The Morgan fingerprint density at radius 2 is 1.86 bits per heavy atom. The van der Waals surface area contributed by atoms with E-state index in [-0.39, 0.29) is 17.1 Å². The van der Waals surface area contributed by atoms with E-state index in [0.29, 0.717) is 56.6 Å². The summed E-state index contributed by atoms with van der Waals surface area (Å²) in [5, 5.41) is 27.2. The van der Waals surface area contributed by atoms with Crippen LogP contribution in [0.3, 0.4) is 0 Å². The van der Waals surface area contributed by atoms with Crippen molar-refractivity contribution in [3.8, 4) is 11.3 Å². The molecule has 0 amide bonds. The number of thiazole rings is 1. The fourth-order valence-electron chi connectivity index (χ4n) is 8.32. The van der Waals surface area contributed by atoms with Crippen LogP contribution in [-0.2, 0) is 11.3 Å². The molecule has 2 aromatic heterocycles. The number of aromatic nitrogens is 2. The number of carboxylic acids is 1. The second-order valence-corrected chi connectivity index (χ2v) is 14.6. The van der Waals surface area contributed by atoms with Crippen molar-refractivity contribution in [1.29, 1.82) is 0 Å². The van der Waals surface area contributed by atoms with Crippen LogP contribution in [0.5, 0.6) is 0 Å². The maximum atomic E-state index is 11.7. The molecule has 5 fully saturated rings. The molecule has 5 unspecified atom stereocenters. The fourth-order valence-corrected chi connectivity index (χ4v) is 9.95. The molecule has 0 spiro atoms. The van der Waals surface area contributed by atoms with Crippen molar-refractivity contribution >= 4 is 50.7 Å². The van der Waals surface area contributed by atoms with Gasteiger partial charge in [0.1, 0.15) is 22.6 Å². The number of fused-ring (bicyclic) bond motifs is 1. The van der Waals surface area contributed by atoms with Gasteiger partial charge < -0.3 is 19.5 Å². The fraction of sp³-hybridized carbons (Fsp3) is 0.469. The standard InChI is InChI=1S/C32H30Cl2N2O5S/c33-21-2-1-3-22(34)26(21)27-20(29(41-36-27)16-4-5-16)14-40-32-11-15-8-18(12-32)25(19(9-15)13-32)28(37)30-35-23-7-6-17(31(38)39)10-24(23)42-30/h1-3,6-7,10,15-16,18-19,25,28,37H,4-5,8-9,11-14H2,(H,38,39)/t15?,18-,19?,25?,28?,32?/m0/s1. The normalized spacial score (nSPS) is 28.9. The summed E-state index contributed by atoms with van der Waals surface area (Å²) in [6, 6.07) is 10.4. The lowest BCUT2D eigenvalue weighted by atomic mass is 9.49. The summed E-state index contributed by atoms with van der Waals surface area (Å²) >= 11 is 14.6. The minimum Gasteiger partial charge on any atom is -0.478 e. The van der Waals surface area contributed by atoms with E-state index in [2.05, 4.69) is 5.16 Å². The monoisotopic (exact) mass is 624 g/mol. The summed E-state index contributed by atoms with van der Waals surface area (Å²) in [5.74, 6) is 1.68. The lowest BCUT2D eigenvalue weighted by Gasteiger charge is -2.60. The van der Waals surface area contributed by atoms with Gasteiger partial charge >= 0.3 is 5.97 Å². The summed E-state index contributed by atoms with van der Waals surface area (Å²) < 4.78 is 13.6. The number of benzene rings is 2. The zero-order valence-electron chi connectivity index (χ0n) is 22.8. The molecule has 4 bridgehead atoms. The third kappa shape index (κ3) is 4.49. The van der Waals surface area contributed by atoms with Crippen molar-refractivity contribution in [3.63, 3.8) is 0 Å². The third-order valence-corrected chi connectivity index (χ3v) is 11.8. The van der Waals surface area contributed by atoms with E-state index < -0.39 is 12.1 Å². The molecule has 2 aromatic carbocycles. The first kappa shape index (κ1) is 27.1. The smallest absolute Gasteiger partial charge is 0.335 e. The van der Waals surface area contributed by atoms with Gasteiger partial charge in [0.15, 0.2) is 0 Å². The molecule has 0 radical (unpaired) electrons. The summed E-state index contributed by atoms with van der Waals surface area (Å²) in [7, 11) is 0. The van der Waals surface area contributed by atoms with E-state index >= 15 is 0 Å². The van der Waals surface area contributed by atoms with Gasteiger partial charge in [-0.25, -0.2) is 9.78 Å². The molecular formula is C32H30Cl2N2O5S. The van der Waals surface area contributed by atoms with Gasteiger partial charge in [0, 0.05) is 17.0 Å². The van der Waals surface area contributed by atoms with E-state index in [0.717, 1.165) is 66.5 Å². The number of hydrogen-bond donors (Lipinski definition) is 2. The minimum absolute atomic E-state index is 0.118.